The standard InChI is InChI=1S/C16H15N3OS/c1-9-5-12-13(6-10(9)2)18-16-11(15(12)20)3-4-19(16)14-7-17-8-21-14/h5-8,11H,3-4H2,1-2H3. The SMILES string of the molecule is Cc1cc2c(cc1C)C(=O)C1CCN(c3cncs3)C1=N2. The summed E-state index contributed by atoms with van der Waals surface area (Å²) in [5.41, 5.74) is 5.73. The van der Waals surface area contributed by atoms with Gasteiger partial charge in [-0.1, -0.05) is 0 Å². The molecule has 1 unspecified atom stereocenters. The van der Waals surface area contributed by atoms with Gasteiger partial charge in [0.15, 0.2) is 5.78 Å². The highest BCUT2D eigenvalue weighted by molar-refractivity contribution is 7.14. The number of thiazole rings is 1. The molecule has 4 nitrogen and oxygen atoms in total. The maximum atomic E-state index is 12.8. The molecule has 0 bridgehead atoms. The summed E-state index contributed by atoms with van der Waals surface area (Å²) in [4.78, 5) is 23.8. The van der Waals surface area contributed by atoms with E-state index in [2.05, 4.69) is 16.8 Å². The molecule has 0 spiro atoms. The van der Waals surface area contributed by atoms with Gasteiger partial charge in [0.05, 0.1) is 23.3 Å². The van der Waals surface area contributed by atoms with E-state index in [9.17, 15) is 4.79 Å². The molecule has 5 heteroatoms. The van der Waals surface area contributed by atoms with Crippen molar-refractivity contribution >= 4 is 33.6 Å². The number of hydrogen-bond donors (Lipinski definition) is 0. The number of ketones is 1. The molecule has 0 saturated carbocycles. The van der Waals surface area contributed by atoms with Gasteiger partial charge in [-0.3, -0.25) is 9.78 Å². The third-order valence-corrected chi connectivity index (χ3v) is 5.14. The topological polar surface area (TPSA) is 45.6 Å². The molecular formula is C16H15N3OS. The van der Waals surface area contributed by atoms with Crippen LogP contribution in [0.1, 0.15) is 27.9 Å². The second-order valence-corrected chi connectivity index (χ2v) is 6.49. The zero-order chi connectivity index (χ0) is 14.6. The highest BCUT2D eigenvalue weighted by atomic mass is 32.1. The minimum atomic E-state index is -0.0956. The van der Waals surface area contributed by atoms with Gasteiger partial charge in [0.2, 0.25) is 0 Å². The van der Waals surface area contributed by atoms with E-state index in [4.69, 9.17) is 4.99 Å². The van der Waals surface area contributed by atoms with Crippen molar-refractivity contribution in [3.8, 4) is 0 Å². The van der Waals surface area contributed by atoms with Gasteiger partial charge in [-0.2, -0.15) is 0 Å². The zero-order valence-corrected chi connectivity index (χ0v) is 12.8. The van der Waals surface area contributed by atoms with Crippen LogP contribution in [-0.2, 0) is 0 Å². The number of anilines is 1. The lowest BCUT2D eigenvalue weighted by Gasteiger charge is -2.23. The van der Waals surface area contributed by atoms with Gasteiger partial charge in [0.1, 0.15) is 10.8 Å². The van der Waals surface area contributed by atoms with E-state index in [1.54, 1.807) is 11.3 Å². The van der Waals surface area contributed by atoms with Crippen LogP contribution in [0.5, 0.6) is 0 Å². The largest absolute Gasteiger partial charge is 0.320 e. The number of aliphatic imine (C=N–C) groups is 1. The Morgan fingerprint density at radius 2 is 2.10 bits per heavy atom. The Bertz CT molecular complexity index is 764. The van der Waals surface area contributed by atoms with Crippen LogP contribution in [0.2, 0.25) is 0 Å². The summed E-state index contributed by atoms with van der Waals surface area (Å²) in [5.74, 6) is 1.01. The van der Waals surface area contributed by atoms with Crippen LogP contribution in [0.25, 0.3) is 0 Å². The predicted molar refractivity (Wildman–Crippen MR) is 84.9 cm³/mol. The van der Waals surface area contributed by atoms with E-state index >= 15 is 0 Å². The summed E-state index contributed by atoms with van der Waals surface area (Å²) in [6.07, 6.45) is 2.68. The number of fused-ring (bicyclic) bond motifs is 2. The number of amidine groups is 1. The molecule has 1 saturated heterocycles. The quantitative estimate of drug-likeness (QED) is 0.809. The monoisotopic (exact) mass is 297 g/mol. The van der Waals surface area contributed by atoms with Gasteiger partial charge in [0.25, 0.3) is 0 Å². The Kier molecular flexibility index (Phi) is 2.72. The van der Waals surface area contributed by atoms with Crippen molar-refractivity contribution in [1.29, 1.82) is 0 Å². The van der Waals surface area contributed by atoms with E-state index in [1.165, 1.54) is 5.56 Å². The minimum Gasteiger partial charge on any atom is -0.320 e. The predicted octanol–water partition coefficient (Wildman–Crippen LogP) is 3.51. The first kappa shape index (κ1) is 12.7. The maximum Gasteiger partial charge on any atom is 0.175 e. The van der Waals surface area contributed by atoms with Crippen LogP contribution in [0.3, 0.4) is 0 Å². The molecule has 0 amide bonds. The molecule has 1 aromatic carbocycles. The Hall–Kier alpha value is -2.01. The third kappa shape index (κ3) is 1.84. The van der Waals surface area contributed by atoms with E-state index in [0.717, 1.165) is 40.6 Å². The molecular weight excluding hydrogens is 282 g/mol. The Morgan fingerprint density at radius 3 is 2.86 bits per heavy atom. The Morgan fingerprint density at radius 1 is 1.29 bits per heavy atom. The number of rotatable bonds is 1. The fraction of sp³-hybridized carbons (Fsp3) is 0.312. The number of nitrogens with zero attached hydrogens (tertiary/aromatic N) is 3. The first-order chi connectivity index (χ1) is 10.1. The highest BCUT2D eigenvalue weighted by Gasteiger charge is 2.40. The number of aromatic nitrogens is 1. The summed E-state index contributed by atoms with van der Waals surface area (Å²) < 4.78 is 0. The first-order valence-corrected chi connectivity index (χ1v) is 7.93. The lowest BCUT2D eigenvalue weighted by Crippen LogP contribution is -2.32. The maximum absolute atomic E-state index is 12.8. The fourth-order valence-corrected chi connectivity index (χ4v) is 3.71. The van der Waals surface area contributed by atoms with E-state index in [-0.39, 0.29) is 11.7 Å². The lowest BCUT2D eigenvalue weighted by atomic mass is 9.90. The van der Waals surface area contributed by atoms with Crippen molar-refractivity contribution in [2.45, 2.75) is 20.3 Å². The van der Waals surface area contributed by atoms with Crippen molar-refractivity contribution in [2.75, 3.05) is 11.4 Å². The van der Waals surface area contributed by atoms with Crippen molar-refractivity contribution in [2.24, 2.45) is 10.9 Å². The lowest BCUT2D eigenvalue weighted by molar-refractivity contribution is 0.0954. The minimum absolute atomic E-state index is 0.0956. The molecule has 2 aliphatic heterocycles. The Labute approximate surface area is 127 Å². The van der Waals surface area contributed by atoms with Crippen LogP contribution in [0, 0.1) is 19.8 Å². The van der Waals surface area contributed by atoms with Crippen LogP contribution in [0.15, 0.2) is 28.8 Å². The average molecular weight is 297 g/mol. The van der Waals surface area contributed by atoms with Crippen molar-refractivity contribution in [1.82, 2.24) is 4.98 Å². The molecule has 0 N–H and O–H groups in total. The summed E-state index contributed by atoms with van der Waals surface area (Å²) in [5, 5.41) is 1.07. The number of hydrogen-bond acceptors (Lipinski definition) is 5. The summed E-state index contributed by atoms with van der Waals surface area (Å²) in [6, 6.07) is 4.01. The molecule has 1 aromatic heterocycles. The molecule has 0 aliphatic carbocycles. The summed E-state index contributed by atoms with van der Waals surface area (Å²) in [7, 11) is 0. The van der Waals surface area contributed by atoms with Gasteiger partial charge >= 0.3 is 0 Å². The number of benzene rings is 1. The highest BCUT2D eigenvalue weighted by Crippen LogP contribution is 2.38. The van der Waals surface area contributed by atoms with Gasteiger partial charge in [0, 0.05) is 12.1 Å². The van der Waals surface area contributed by atoms with E-state index < -0.39 is 0 Å². The molecule has 106 valence electrons. The molecule has 3 heterocycles. The second-order valence-electron chi connectivity index (χ2n) is 5.62. The van der Waals surface area contributed by atoms with Gasteiger partial charge in [-0.25, -0.2) is 4.99 Å². The smallest absolute Gasteiger partial charge is 0.175 e. The first-order valence-electron chi connectivity index (χ1n) is 7.05. The fourth-order valence-electron chi connectivity index (χ4n) is 3.04. The molecule has 1 fully saturated rings. The molecule has 21 heavy (non-hydrogen) atoms. The number of Topliss-reactive ketones (excluding diaryl/α,β-unsaturated/α-hetero) is 1. The normalized spacial score (nSPS) is 20.3. The Balaban J connectivity index is 1.86. The zero-order valence-electron chi connectivity index (χ0n) is 12.0. The number of aryl methyl sites for hydroxylation is 2. The van der Waals surface area contributed by atoms with Crippen LogP contribution >= 0.6 is 11.3 Å². The van der Waals surface area contributed by atoms with Crippen molar-refractivity contribution in [3.05, 3.63) is 40.5 Å². The number of carbonyl (C=O) groups excluding carboxylic acids is 1. The van der Waals surface area contributed by atoms with Gasteiger partial charge in [-0.15, -0.1) is 11.3 Å². The van der Waals surface area contributed by atoms with Crippen LogP contribution in [0.4, 0.5) is 10.7 Å². The summed E-state index contributed by atoms with van der Waals surface area (Å²) in [6.45, 7) is 4.94. The third-order valence-electron chi connectivity index (χ3n) is 4.34. The van der Waals surface area contributed by atoms with Gasteiger partial charge < -0.3 is 4.90 Å². The summed E-state index contributed by atoms with van der Waals surface area (Å²) >= 11 is 1.59. The van der Waals surface area contributed by atoms with Crippen LogP contribution in [-0.4, -0.2) is 23.1 Å². The second kappa shape index (κ2) is 4.49. The van der Waals surface area contributed by atoms with E-state index in [0.29, 0.717) is 0 Å². The van der Waals surface area contributed by atoms with Crippen molar-refractivity contribution < 1.29 is 4.79 Å². The number of carbonyl (C=O) groups is 1. The van der Waals surface area contributed by atoms with Crippen molar-refractivity contribution in [3.63, 3.8) is 0 Å². The van der Waals surface area contributed by atoms with Crippen LogP contribution < -0.4 is 4.90 Å². The average Bonchev–Trinajstić information content (AvgIpc) is 3.10. The molecule has 0 radical (unpaired) electrons. The van der Waals surface area contributed by atoms with E-state index in [1.807, 2.05) is 30.8 Å². The molecule has 4 rings (SSSR count). The molecule has 1 atom stereocenters. The molecule has 2 aromatic rings. The van der Waals surface area contributed by atoms with Gasteiger partial charge in [-0.05, 0) is 43.5 Å². The molecule has 2 aliphatic rings.